The van der Waals surface area contributed by atoms with Crippen LogP contribution in [0, 0.1) is 10.1 Å². The van der Waals surface area contributed by atoms with Gasteiger partial charge >= 0.3 is 5.63 Å². The third-order valence-electron chi connectivity index (χ3n) is 3.39. The van der Waals surface area contributed by atoms with Crippen LogP contribution in [0.25, 0.3) is 11.0 Å². The number of nitrogens with zero attached hydrogens (tertiary/aromatic N) is 2. The highest BCUT2D eigenvalue weighted by molar-refractivity contribution is 6.37. The molecule has 0 N–H and O–H groups in total. The van der Waals surface area contributed by atoms with E-state index in [4.69, 9.17) is 16.0 Å². The number of nitro benzene ring substituents is 1. The molecule has 0 spiro atoms. The molecule has 0 radical (unpaired) electrons. The fourth-order valence-electron chi connectivity index (χ4n) is 2.27. The van der Waals surface area contributed by atoms with Gasteiger partial charge in [0, 0.05) is 30.6 Å². The molecule has 1 aromatic carbocycles. The van der Waals surface area contributed by atoms with Crippen LogP contribution in [0.5, 0.6) is 0 Å². The van der Waals surface area contributed by atoms with Crippen LogP contribution in [0.4, 0.5) is 11.4 Å². The van der Waals surface area contributed by atoms with Crippen LogP contribution in [0.2, 0.25) is 5.02 Å². The van der Waals surface area contributed by atoms with Crippen molar-refractivity contribution in [3.8, 4) is 0 Å². The van der Waals surface area contributed by atoms with Crippen LogP contribution in [0.3, 0.4) is 0 Å². The second-order valence-corrected chi connectivity index (χ2v) is 4.88. The summed E-state index contributed by atoms with van der Waals surface area (Å²) in [7, 11) is 0. The Morgan fingerprint density at radius 1 is 1.36 bits per heavy atom. The molecule has 0 bridgehead atoms. The zero-order valence-electron chi connectivity index (χ0n) is 12.0. The lowest BCUT2D eigenvalue weighted by Crippen LogP contribution is -2.23. The second-order valence-electron chi connectivity index (χ2n) is 4.50. The molecule has 22 heavy (non-hydrogen) atoms. The van der Waals surface area contributed by atoms with E-state index in [-0.39, 0.29) is 33.5 Å². The Balaban J connectivity index is 2.89. The Labute approximate surface area is 130 Å². The zero-order valence-corrected chi connectivity index (χ0v) is 12.7. The van der Waals surface area contributed by atoms with E-state index in [1.807, 2.05) is 13.8 Å². The average Bonchev–Trinajstić information content (AvgIpc) is 2.48. The maximum atomic E-state index is 11.7. The summed E-state index contributed by atoms with van der Waals surface area (Å²) in [5.74, 6) is 0. The molecule has 0 aliphatic carbocycles. The number of rotatable bonds is 5. The number of hydrogen-bond donors (Lipinski definition) is 0. The van der Waals surface area contributed by atoms with Crippen LogP contribution in [-0.2, 0) is 0 Å². The first-order valence-corrected chi connectivity index (χ1v) is 6.97. The molecule has 0 aliphatic rings. The summed E-state index contributed by atoms with van der Waals surface area (Å²) in [6, 6.07) is 2.63. The van der Waals surface area contributed by atoms with E-state index < -0.39 is 10.5 Å². The lowest BCUT2D eigenvalue weighted by atomic mass is 10.1. The molecule has 1 aromatic heterocycles. The van der Waals surface area contributed by atoms with Gasteiger partial charge in [-0.25, -0.2) is 4.79 Å². The SMILES string of the molecule is CCN(CC)c1cc2oc(=O)c(C=O)c(Cl)c2cc1[N+](=O)[O-]. The van der Waals surface area contributed by atoms with Gasteiger partial charge in [0.25, 0.3) is 5.69 Å². The lowest BCUT2D eigenvalue weighted by Gasteiger charge is -2.21. The monoisotopic (exact) mass is 324 g/mol. The molecule has 116 valence electrons. The third-order valence-corrected chi connectivity index (χ3v) is 3.80. The number of hydrogen-bond acceptors (Lipinski definition) is 6. The van der Waals surface area contributed by atoms with Crippen molar-refractivity contribution in [1.82, 2.24) is 0 Å². The summed E-state index contributed by atoms with van der Waals surface area (Å²) < 4.78 is 5.06. The van der Waals surface area contributed by atoms with Crippen molar-refractivity contribution in [2.45, 2.75) is 13.8 Å². The minimum atomic E-state index is -0.869. The van der Waals surface area contributed by atoms with Crippen molar-refractivity contribution in [2.24, 2.45) is 0 Å². The Bertz CT molecular complexity index is 811. The minimum absolute atomic E-state index is 0.105. The standard InChI is InChI=1S/C14H13ClN2O5/c1-3-16(4-2)10-6-12-8(5-11(10)17(20)21)13(15)9(7-18)14(19)22-12/h5-7H,3-4H2,1-2H3. The van der Waals surface area contributed by atoms with E-state index in [2.05, 4.69) is 0 Å². The van der Waals surface area contributed by atoms with Crippen molar-refractivity contribution in [2.75, 3.05) is 18.0 Å². The quantitative estimate of drug-likeness (QED) is 0.363. The summed E-state index contributed by atoms with van der Waals surface area (Å²) in [6.45, 7) is 4.81. The Hall–Kier alpha value is -2.41. The third kappa shape index (κ3) is 2.55. The average molecular weight is 325 g/mol. The van der Waals surface area contributed by atoms with Gasteiger partial charge in [0.05, 0.1) is 9.95 Å². The first-order chi connectivity index (χ1) is 10.4. The Kier molecular flexibility index (Phi) is 4.46. The number of carbonyl (C=O) groups is 1. The molecule has 0 amide bonds. The van der Waals surface area contributed by atoms with Gasteiger partial charge in [-0.05, 0) is 13.8 Å². The van der Waals surface area contributed by atoms with Gasteiger partial charge in [-0.15, -0.1) is 0 Å². The van der Waals surface area contributed by atoms with Crippen molar-refractivity contribution in [3.05, 3.63) is 43.3 Å². The van der Waals surface area contributed by atoms with Gasteiger partial charge in [0.15, 0.2) is 6.29 Å². The van der Waals surface area contributed by atoms with Gasteiger partial charge in [-0.2, -0.15) is 0 Å². The normalized spacial score (nSPS) is 10.7. The zero-order chi connectivity index (χ0) is 16.4. The number of carbonyl (C=O) groups excluding carboxylic acids is 1. The lowest BCUT2D eigenvalue weighted by molar-refractivity contribution is -0.384. The highest BCUT2D eigenvalue weighted by atomic mass is 35.5. The molecule has 1 heterocycles. The molecule has 7 nitrogen and oxygen atoms in total. The number of halogens is 1. The van der Waals surface area contributed by atoms with Gasteiger partial charge in [-0.1, -0.05) is 11.6 Å². The Morgan fingerprint density at radius 3 is 2.50 bits per heavy atom. The molecule has 0 fully saturated rings. The fourth-order valence-corrected chi connectivity index (χ4v) is 2.54. The molecular formula is C14H13ClN2O5. The maximum Gasteiger partial charge on any atom is 0.348 e. The van der Waals surface area contributed by atoms with Gasteiger partial charge in [-0.3, -0.25) is 14.9 Å². The molecule has 0 atom stereocenters. The van der Waals surface area contributed by atoms with Crippen LogP contribution in [0.15, 0.2) is 21.3 Å². The van der Waals surface area contributed by atoms with Crippen molar-refractivity contribution in [3.63, 3.8) is 0 Å². The number of anilines is 1. The second kappa shape index (κ2) is 6.15. The van der Waals surface area contributed by atoms with Gasteiger partial charge in [0.2, 0.25) is 0 Å². The molecule has 0 saturated carbocycles. The van der Waals surface area contributed by atoms with Crippen molar-refractivity contribution >= 4 is 40.2 Å². The molecule has 0 unspecified atom stereocenters. The minimum Gasteiger partial charge on any atom is -0.422 e. The molecule has 2 rings (SSSR count). The van der Waals surface area contributed by atoms with Crippen LogP contribution >= 0.6 is 11.6 Å². The summed E-state index contributed by atoms with van der Waals surface area (Å²) in [4.78, 5) is 35.1. The first-order valence-electron chi connectivity index (χ1n) is 6.59. The molecule has 0 aliphatic heterocycles. The van der Waals surface area contributed by atoms with E-state index in [0.29, 0.717) is 18.8 Å². The highest BCUT2D eigenvalue weighted by Crippen LogP contribution is 2.35. The van der Waals surface area contributed by atoms with E-state index in [0.717, 1.165) is 0 Å². The molecule has 0 saturated heterocycles. The van der Waals surface area contributed by atoms with E-state index in [1.54, 1.807) is 4.90 Å². The van der Waals surface area contributed by atoms with Crippen LogP contribution < -0.4 is 10.5 Å². The van der Waals surface area contributed by atoms with Crippen molar-refractivity contribution in [1.29, 1.82) is 0 Å². The fraction of sp³-hybridized carbons (Fsp3) is 0.286. The number of benzene rings is 1. The van der Waals surface area contributed by atoms with Crippen LogP contribution in [-0.4, -0.2) is 24.3 Å². The van der Waals surface area contributed by atoms with E-state index in [1.165, 1.54) is 12.1 Å². The van der Waals surface area contributed by atoms with E-state index in [9.17, 15) is 19.7 Å². The summed E-state index contributed by atoms with van der Waals surface area (Å²) >= 11 is 6.00. The van der Waals surface area contributed by atoms with Gasteiger partial charge < -0.3 is 9.32 Å². The smallest absolute Gasteiger partial charge is 0.348 e. The topological polar surface area (TPSA) is 93.7 Å². The predicted octanol–water partition coefficient (Wildman–Crippen LogP) is 3.01. The highest BCUT2D eigenvalue weighted by Gasteiger charge is 2.23. The van der Waals surface area contributed by atoms with Gasteiger partial charge in [0.1, 0.15) is 16.8 Å². The predicted molar refractivity (Wildman–Crippen MR) is 83.1 cm³/mol. The van der Waals surface area contributed by atoms with E-state index >= 15 is 0 Å². The number of aldehydes is 1. The summed E-state index contributed by atoms with van der Waals surface area (Å²) in [6.07, 6.45) is 0.276. The van der Waals surface area contributed by atoms with Crippen LogP contribution in [0.1, 0.15) is 24.2 Å². The summed E-state index contributed by atoms with van der Waals surface area (Å²) in [5.41, 5.74) is -0.941. The molecule has 2 aromatic rings. The maximum absolute atomic E-state index is 11.7. The number of nitro groups is 1. The van der Waals surface area contributed by atoms with Crippen molar-refractivity contribution < 1.29 is 14.1 Å². The molecule has 8 heteroatoms. The summed E-state index contributed by atoms with van der Waals surface area (Å²) in [5, 5.41) is 11.3. The first kappa shape index (κ1) is 16.0. The largest absolute Gasteiger partial charge is 0.422 e. The number of fused-ring (bicyclic) bond motifs is 1. The molecular weight excluding hydrogens is 312 g/mol. The Morgan fingerprint density at radius 2 is 2.00 bits per heavy atom.